The van der Waals surface area contributed by atoms with Gasteiger partial charge < -0.3 is 9.84 Å². The molecule has 0 aliphatic carbocycles. The maximum atomic E-state index is 12.8. The first-order valence-corrected chi connectivity index (χ1v) is 5.54. The van der Waals surface area contributed by atoms with Crippen LogP contribution in [-0.2, 0) is 12.8 Å². The second kappa shape index (κ2) is 5.22. The SMILES string of the molecule is Oc1ccc(COc2ccccc2)c(C(F)(F)F)c1. The summed E-state index contributed by atoms with van der Waals surface area (Å²) in [4.78, 5) is 0. The van der Waals surface area contributed by atoms with E-state index in [4.69, 9.17) is 9.84 Å². The highest BCUT2D eigenvalue weighted by atomic mass is 19.4. The number of ether oxygens (including phenoxy) is 1. The number of hydrogen-bond acceptors (Lipinski definition) is 2. The van der Waals surface area contributed by atoms with Crippen LogP contribution in [0.1, 0.15) is 11.1 Å². The lowest BCUT2D eigenvalue weighted by Crippen LogP contribution is -2.10. The van der Waals surface area contributed by atoms with Crippen LogP contribution < -0.4 is 4.74 Å². The summed E-state index contributed by atoms with van der Waals surface area (Å²) in [6.45, 7) is -0.209. The summed E-state index contributed by atoms with van der Waals surface area (Å²) in [6, 6.07) is 11.7. The fourth-order valence-electron chi connectivity index (χ4n) is 1.63. The zero-order chi connectivity index (χ0) is 13.9. The van der Waals surface area contributed by atoms with Gasteiger partial charge in [0.05, 0.1) is 5.56 Å². The molecule has 0 bridgehead atoms. The van der Waals surface area contributed by atoms with E-state index in [-0.39, 0.29) is 12.2 Å². The van der Waals surface area contributed by atoms with Crippen molar-refractivity contribution in [3.8, 4) is 11.5 Å². The first-order valence-electron chi connectivity index (χ1n) is 5.54. The van der Waals surface area contributed by atoms with Crippen molar-refractivity contribution < 1.29 is 23.0 Å². The number of para-hydroxylation sites is 1. The lowest BCUT2D eigenvalue weighted by atomic mass is 10.1. The molecule has 100 valence electrons. The molecular formula is C14H11F3O2. The number of benzene rings is 2. The summed E-state index contributed by atoms with van der Waals surface area (Å²) >= 11 is 0. The standard InChI is InChI=1S/C14H11F3O2/c15-14(16,17)13-8-11(18)7-6-10(13)9-19-12-4-2-1-3-5-12/h1-8,18H,9H2. The molecule has 0 saturated carbocycles. The highest BCUT2D eigenvalue weighted by Crippen LogP contribution is 2.34. The number of aromatic hydroxyl groups is 1. The summed E-state index contributed by atoms with van der Waals surface area (Å²) in [5, 5.41) is 9.15. The van der Waals surface area contributed by atoms with Gasteiger partial charge in [-0.05, 0) is 24.3 Å². The molecule has 0 spiro atoms. The van der Waals surface area contributed by atoms with Crippen LogP contribution in [0.25, 0.3) is 0 Å². The third-order valence-electron chi connectivity index (χ3n) is 2.54. The summed E-state index contributed by atoms with van der Waals surface area (Å²) < 4.78 is 43.6. The van der Waals surface area contributed by atoms with E-state index in [1.807, 2.05) is 0 Å². The average molecular weight is 268 g/mol. The molecule has 5 heteroatoms. The molecule has 0 aromatic heterocycles. The summed E-state index contributed by atoms with van der Waals surface area (Å²) in [6.07, 6.45) is -4.52. The molecule has 0 atom stereocenters. The molecule has 2 aromatic rings. The number of alkyl halides is 3. The maximum Gasteiger partial charge on any atom is 0.416 e. The van der Waals surface area contributed by atoms with Crippen molar-refractivity contribution in [2.45, 2.75) is 12.8 Å². The fraction of sp³-hybridized carbons (Fsp3) is 0.143. The third-order valence-corrected chi connectivity index (χ3v) is 2.54. The van der Waals surface area contributed by atoms with Crippen molar-refractivity contribution in [1.82, 2.24) is 0 Å². The van der Waals surface area contributed by atoms with Gasteiger partial charge in [-0.2, -0.15) is 13.2 Å². The monoisotopic (exact) mass is 268 g/mol. The van der Waals surface area contributed by atoms with Gasteiger partial charge in [0.1, 0.15) is 18.1 Å². The molecule has 2 nitrogen and oxygen atoms in total. The molecule has 19 heavy (non-hydrogen) atoms. The van der Waals surface area contributed by atoms with Crippen LogP contribution in [0.2, 0.25) is 0 Å². The van der Waals surface area contributed by atoms with Crippen molar-refractivity contribution in [3.63, 3.8) is 0 Å². The smallest absolute Gasteiger partial charge is 0.416 e. The van der Waals surface area contributed by atoms with Crippen LogP contribution in [0.5, 0.6) is 11.5 Å². The number of phenolic OH excluding ortho intramolecular Hbond substituents is 1. The van der Waals surface area contributed by atoms with Crippen molar-refractivity contribution in [2.24, 2.45) is 0 Å². The minimum absolute atomic E-state index is 0.0193. The first kappa shape index (κ1) is 13.3. The van der Waals surface area contributed by atoms with Crippen molar-refractivity contribution in [2.75, 3.05) is 0 Å². The molecule has 2 aromatic carbocycles. The molecule has 0 aliphatic heterocycles. The minimum atomic E-state index is -4.52. The van der Waals surface area contributed by atoms with E-state index in [2.05, 4.69) is 0 Å². The second-order valence-corrected chi connectivity index (χ2v) is 3.94. The topological polar surface area (TPSA) is 29.5 Å². The van der Waals surface area contributed by atoms with Gasteiger partial charge in [-0.1, -0.05) is 24.3 Å². The molecular weight excluding hydrogens is 257 g/mol. The Bertz CT molecular complexity index is 550. The number of phenols is 1. The molecule has 0 fully saturated rings. The molecule has 0 heterocycles. The lowest BCUT2D eigenvalue weighted by Gasteiger charge is -2.14. The highest BCUT2D eigenvalue weighted by molar-refractivity contribution is 5.37. The molecule has 0 radical (unpaired) electrons. The Kier molecular flexibility index (Phi) is 3.64. The van der Waals surface area contributed by atoms with E-state index in [1.54, 1.807) is 30.3 Å². The van der Waals surface area contributed by atoms with Crippen LogP contribution in [0, 0.1) is 0 Å². The van der Waals surface area contributed by atoms with Gasteiger partial charge in [-0.25, -0.2) is 0 Å². The van der Waals surface area contributed by atoms with E-state index in [9.17, 15) is 13.2 Å². The van der Waals surface area contributed by atoms with Crippen LogP contribution >= 0.6 is 0 Å². The van der Waals surface area contributed by atoms with Gasteiger partial charge >= 0.3 is 6.18 Å². The van der Waals surface area contributed by atoms with Gasteiger partial charge in [0.2, 0.25) is 0 Å². The van der Waals surface area contributed by atoms with E-state index in [1.165, 1.54) is 12.1 Å². The van der Waals surface area contributed by atoms with Crippen LogP contribution in [0.3, 0.4) is 0 Å². The Hall–Kier alpha value is -2.17. The van der Waals surface area contributed by atoms with Crippen molar-refractivity contribution in [1.29, 1.82) is 0 Å². The van der Waals surface area contributed by atoms with Crippen LogP contribution in [0.4, 0.5) is 13.2 Å². The minimum Gasteiger partial charge on any atom is -0.508 e. The van der Waals surface area contributed by atoms with E-state index < -0.39 is 17.5 Å². The van der Waals surface area contributed by atoms with Crippen molar-refractivity contribution >= 4 is 0 Å². The van der Waals surface area contributed by atoms with E-state index >= 15 is 0 Å². The average Bonchev–Trinajstić information content (AvgIpc) is 2.37. The zero-order valence-electron chi connectivity index (χ0n) is 9.82. The highest BCUT2D eigenvalue weighted by Gasteiger charge is 2.33. The Balaban J connectivity index is 2.21. The van der Waals surface area contributed by atoms with Gasteiger partial charge in [0.25, 0.3) is 0 Å². The normalized spacial score (nSPS) is 11.3. The Morgan fingerprint density at radius 2 is 1.68 bits per heavy atom. The number of rotatable bonds is 3. The molecule has 0 unspecified atom stereocenters. The predicted molar refractivity (Wildman–Crippen MR) is 63.9 cm³/mol. The molecule has 0 amide bonds. The summed E-state index contributed by atoms with van der Waals surface area (Å²) in [5.74, 6) is 0.0690. The van der Waals surface area contributed by atoms with Crippen LogP contribution in [-0.4, -0.2) is 5.11 Å². The number of halogens is 3. The quantitative estimate of drug-likeness (QED) is 0.912. The van der Waals surface area contributed by atoms with E-state index in [0.29, 0.717) is 11.8 Å². The second-order valence-electron chi connectivity index (χ2n) is 3.94. The molecule has 2 rings (SSSR count). The largest absolute Gasteiger partial charge is 0.508 e. The Morgan fingerprint density at radius 3 is 2.32 bits per heavy atom. The van der Waals surface area contributed by atoms with Gasteiger partial charge in [-0.3, -0.25) is 0 Å². The van der Waals surface area contributed by atoms with Gasteiger partial charge in [-0.15, -0.1) is 0 Å². The number of hydrogen-bond donors (Lipinski definition) is 1. The maximum absolute atomic E-state index is 12.8. The van der Waals surface area contributed by atoms with Gasteiger partial charge in [0.15, 0.2) is 0 Å². The van der Waals surface area contributed by atoms with E-state index in [0.717, 1.165) is 0 Å². The fourth-order valence-corrected chi connectivity index (χ4v) is 1.63. The third kappa shape index (κ3) is 3.40. The Morgan fingerprint density at radius 1 is 1.00 bits per heavy atom. The molecule has 0 saturated heterocycles. The first-order chi connectivity index (χ1) is 8.97. The summed E-state index contributed by atoms with van der Waals surface area (Å²) in [7, 11) is 0. The molecule has 1 N–H and O–H groups in total. The van der Waals surface area contributed by atoms with Crippen molar-refractivity contribution in [3.05, 3.63) is 59.7 Å². The Labute approximate surface area is 108 Å². The lowest BCUT2D eigenvalue weighted by molar-refractivity contribution is -0.138. The van der Waals surface area contributed by atoms with Gasteiger partial charge in [0, 0.05) is 5.56 Å². The zero-order valence-corrected chi connectivity index (χ0v) is 9.82. The summed E-state index contributed by atoms with van der Waals surface area (Å²) in [5.41, 5.74) is -0.905. The molecule has 0 aliphatic rings. The predicted octanol–water partition coefficient (Wildman–Crippen LogP) is 3.99. The van der Waals surface area contributed by atoms with Crippen LogP contribution in [0.15, 0.2) is 48.5 Å².